The number of benzene rings is 1. The third-order valence-electron chi connectivity index (χ3n) is 2.48. The van der Waals surface area contributed by atoms with E-state index in [2.05, 4.69) is 4.98 Å². The van der Waals surface area contributed by atoms with Gasteiger partial charge in [-0.2, -0.15) is 0 Å². The Morgan fingerprint density at radius 3 is 2.60 bits per heavy atom. The van der Waals surface area contributed by atoms with E-state index in [9.17, 15) is 4.79 Å². The van der Waals surface area contributed by atoms with Crippen LogP contribution >= 0.6 is 11.8 Å². The molecule has 5 nitrogen and oxygen atoms in total. The van der Waals surface area contributed by atoms with Crippen molar-refractivity contribution >= 4 is 23.5 Å². The quantitative estimate of drug-likeness (QED) is 0.628. The highest BCUT2D eigenvalue weighted by Gasteiger charge is 2.02. The summed E-state index contributed by atoms with van der Waals surface area (Å²) >= 11 is 1.62. The Labute approximate surface area is 120 Å². The Morgan fingerprint density at radius 2 is 2.00 bits per heavy atom. The highest BCUT2D eigenvalue weighted by Crippen LogP contribution is 2.18. The van der Waals surface area contributed by atoms with Gasteiger partial charge in [0.2, 0.25) is 0 Å². The third kappa shape index (κ3) is 4.17. The summed E-state index contributed by atoms with van der Waals surface area (Å²) in [6, 6.07) is 10.0. The van der Waals surface area contributed by atoms with Crippen molar-refractivity contribution in [2.45, 2.75) is 4.90 Å². The monoisotopic (exact) mass is 290 g/mol. The molecule has 1 aromatic heterocycles. The molecule has 1 heterocycles. The van der Waals surface area contributed by atoms with Gasteiger partial charge < -0.3 is 15.6 Å². The van der Waals surface area contributed by atoms with Gasteiger partial charge in [0.05, 0.1) is 12.2 Å². The predicted molar refractivity (Wildman–Crippen MR) is 78.3 cm³/mol. The van der Waals surface area contributed by atoms with Crippen LogP contribution in [0.2, 0.25) is 0 Å². The van der Waals surface area contributed by atoms with Crippen molar-refractivity contribution < 1.29 is 14.6 Å². The Kier molecular flexibility index (Phi) is 4.84. The van der Waals surface area contributed by atoms with Crippen LogP contribution in [0, 0.1) is 0 Å². The average molecular weight is 290 g/mol. The number of ether oxygens (including phenoxy) is 1. The number of carboxylic acid groups (broad SMARTS) is 1. The van der Waals surface area contributed by atoms with Crippen molar-refractivity contribution in [1.82, 2.24) is 4.98 Å². The first-order valence-corrected chi connectivity index (χ1v) is 6.94. The molecule has 0 saturated carbocycles. The van der Waals surface area contributed by atoms with Gasteiger partial charge in [-0.05, 0) is 36.4 Å². The van der Waals surface area contributed by atoms with Crippen molar-refractivity contribution in [1.29, 1.82) is 0 Å². The van der Waals surface area contributed by atoms with E-state index in [0.717, 1.165) is 10.6 Å². The molecule has 2 rings (SSSR count). The molecule has 0 atom stereocenters. The fourth-order valence-corrected chi connectivity index (χ4v) is 2.18. The summed E-state index contributed by atoms with van der Waals surface area (Å²) in [5.41, 5.74) is 5.75. The first kappa shape index (κ1) is 14.2. The van der Waals surface area contributed by atoms with E-state index in [4.69, 9.17) is 15.6 Å². The number of nitrogens with two attached hydrogens (primary N) is 1. The summed E-state index contributed by atoms with van der Waals surface area (Å²) in [7, 11) is 0. The van der Waals surface area contributed by atoms with Crippen LogP contribution in [0.15, 0.2) is 47.5 Å². The van der Waals surface area contributed by atoms with Crippen LogP contribution in [-0.4, -0.2) is 28.4 Å². The number of pyridine rings is 1. The fraction of sp³-hybridized carbons (Fsp3) is 0.143. The number of carboxylic acids is 1. The minimum absolute atomic E-state index is 0.250. The number of thioether (sulfide) groups is 1. The number of aromatic carboxylic acids is 1. The lowest BCUT2D eigenvalue weighted by molar-refractivity contribution is 0.0697. The highest BCUT2D eigenvalue weighted by molar-refractivity contribution is 7.99. The van der Waals surface area contributed by atoms with Gasteiger partial charge >= 0.3 is 5.97 Å². The maximum absolute atomic E-state index is 10.7. The maximum Gasteiger partial charge on any atom is 0.335 e. The van der Waals surface area contributed by atoms with Crippen LogP contribution in [0.5, 0.6) is 5.75 Å². The molecule has 0 aliphatic heterocycles. The summed E-state index contributed by atoms with van der Waals surface area (Å²) in [5, 5.41) is 8.78. The van der Waals surface area contributed by atoms with Crippen molar-refractivity contribution in [3.8, 4) is 5.75 Å². The van der Waals surface area contributed by atoms with Gasteiger partial charge in [0.15, 0.2) is 0 Å². The molecule has 0 aliphatic carbocycles. The molecule has 6 heteroatoms. The Bertz CT molecular complexity index is 570. The summed E-state index contributed by atoms with van der Waals surface area (Å²) in [6.07, 6.45) is 1.72. The highest BCUT2D eigenvalue weighted by atomic mass is 32.2. The number of aromatic nitrogens is 1. The van der Waals surface area contributed by atoms with Crippen LogP contribution in [0.1, 0.15) is 10.4 Å². The standard InChI is InChI=1S/C14H14N2O3S/c15-13-6-5-12(9-16-13)20-8-7-19-11-3-1-10(2-4-11)14(17)18/h1-6,9H,7-8H2,(H2,15,16)(H,17,18). The topological polar surface area (TPSA) is 85.4 Å². The third-order valence-corrected chi connectivity index (χ3v) is 3.43. The van der Waals surface area contributed by atoms with Gasteiger partial charge in [-0.25, -0.2) is 9.78 Å². The summed E-state index contributed by atoms with van der Waals surface area (Å²) in [6.45, 7) is 0.529. The molecule has 0 unspecified atom stereocenters. The lowest BCUT2D eigenvalue weighted by atomic mass is 10.2. The molecule has 0 bridgehead atoms. The van der Waals surface area contributed by atoms with Gasteiger partial charge in [-0.1, -0.05) is 0 Å². The maximum atomic E-state index is 10.7. The molecule has 0 radical (unpaired) electrons. The summed E-state index contributed by atoms with van der Waals surface area (Å²) < 4.78 is 5.53. The van der Waals surface area contributed by atoms with E-state index in [1.807, 2.05) is 6.07 Å². The van der Waals surface area contributed by atoms with Crippen LogP contribution in [0.3, 0.4) is 0 Å². The Morgan fingerprint density at radius 1 is 1.25 bits per heavy atom. The number of anilines is 1. The number of hydrogen-bond donors (Lipinski definition) is 2. The molecule has 0 spiro atoms. The lowest BCUT2D eigenvalue weighted by Crippen LogP contribution is -2.01. The van der Waals surface area contributed by atoms with Crippen LogP contribution in [0.25, 0.3) is 0 Å². The number of rotatable bonds is 6. The average Bonchev–Trinajstić information content (AvgIpc) is 2.46. The van der Waals surface area contributed by atoms with Crippen molar-refractivity contribution in [3.63, 3.8) is 0 Å². The van der Waals surface area contributed by atoms with Gasteiger partial charge in [0.1, 0.15) is 11.6 Å². The molecular formula is C14H14N2O3S. The minimum Gasteiger partial charge on any atom is -0.493 e. The van der Waals surface area contributed by atoms with E-state index in [1.165, 1.54) is 12.1 Å². The second-order valence-electron chi connectivity index (χ2n) is 3.95. The first-order valence-electron chi connectivity index (χ1n) is 5.95. The smallest absolute Gasteiger partial charge is 0.335 e. The van der Waals surface area contributed by atoms with E-state index in [0.29, 0.717) is 18.2 Å². The summed E-state index contributed by atoms with van der Waals surface area (Å²) in [5.74, 6) is 0.991. The fourth-order valence-electron chi connectivity index (χ4n) is 1.49. The number of nitrogens with zero attached hydrogens (tertiary/aromatic N) is 1. The predicted octanol–water partition coefficient (Wildman–Crippen LogP) is 2.53. The molecule has 0 fully saturated rings. The van der Waals surface area contributed by atoms with E-state index >= 15 is 0 Å². The number of nitrogen functional groups attached to an aromatic ring is 1. The molecule has 0 saturated heterocycles. The first-order chi connectivity index (χ1) is 9.65. The van der Waals surface area contributed by atoms with Crippen LogP contribution in [0.4, 0.5) is 5.82 Å². The molecule has 104 valence electrons. The van der Waals surface area contributed by atoms with Gasteiger partial charge in [-0.3, -0.25) is 0 Å². The molecule has 2 aromatic rings. The molecule has 3 N–H and O–H groups in total. The van der Waals surface area contributed by atoms with E-state index in [-0.39, 0.29) is 5.56 Å². The zero-order valence-electron chi connectivity index (χ0n) is 10.7. The zero-order chi connectivity index (χ0) is 14.4. The van der Waals surface area contributed by atoms with Gasteiger partial charge in [0, 0.05) is 16.8 Å². The minimum atomic E-state index is -0.942. The summed E-state index contributed by atoms with van der Waals surface area (Å²) in [4.78, 5) is 15.7. The molecular weight excluding hydrogens is 276 g/mol. The van der Waals surface area contributed by atoms with Crippen molar-refractivity contribution in [3.05, 3.63) is 48.2 Å². The normalized spacial score (nSPS) is 10.2. The van der Waals surface area contributed by atoms with Crippen molar-refractivity contribution in [2.75, 3.05) is 18.1 Å². The lowest BCUT2D eigenvalue weighted by Gasteiger charge is -2.06. The van der Waals surface area contributed by atoms with Crippen LogP contribution < -0.4 is 10.5 Å². The molecule has 0 amide bonds. The van der Waals surface area contributed by atoms with E-state index in [1.54, 1.807) is 36.2 Å². The van der Waals surface area contributed by atoms with Gasteiger partial charge in [-0.15, -0.1) is 11.8 Å². The number of hydrogen-bond acceptors (Lipinski definition) is 5. The SMILES string of the molecule is Nc1ccc(SCCOc2ccc(C(=O)O)cc2)cn1. The Hall–Kier alpha value is -2.21. The van der Waals surface area contributed by atoms with Gasteiger partial charge in [0.25, 0.3) is 0 Å². The van der Waals surface area contributed by atoms with Crippen molar-refractivity contribution in [2.24, 2.45) is 0 Å². The Balaban J connectivity index is 1.75. The second kappa shape index (κ2) is 6.81. The van der Waals surface area contributed by atoms with E-state index < -0.39 is 5.97 Å². The molecule has 20 heavy (non-hydrogen) atoms. The second-order valence-corrected chi connectivity index (χ2v) is 5.11. The molecule has 1 aromatic carbocycles. The number of carbonyl (C=O) groups is 1. The largest absolute Gasteiger partial charge is 0.493 e. The van der Waals surface area contributed by atoms with Crippen LogP contribution in [-0.2, 0) is 0 Å². The zero-order valence-corrected chi connectivity index (χ0v) is 11.5. The molecule has 0 aliphatic rings.